The number of aryl methyl sites for hydroxylation is 1. The molecule has 0 bridgehead atoms. The number of aromatic nitrogens is 6. The van der Waals surface area contributed by atoms with E-state index in [0.717, 1.165) is 0 Å². The Hall–Kier alpha value is -3.48. The Morgan fingerprint density at radius 3 is 2.66 bits per heavy atom. The molecular weight excluding hydrogens is 466 g/mol. The second kappa shape index (κ2) is 8.63. The molecule has 0 spiro atoms. The predicted molar refractivity (Wildman–Crippen MR) is 124 cm³/mol. The number of fused-ring (bicyclic) bond motifs is 2. The molecule has 1 aliphatic heterocycles. The summed E-state index contributed by atoms with van der Waals surface area (Å²) in [5, 5.41) is 10.2. The largest absolute Gasteiger partial charge is 0.371 e. The zero-order chi connectivity index (χ0) is 24.9. The molecular formula is C22H25F4N9. The van der Waals surface area contributed by atoms with Gasteiger partial charge in [0.25, 0.3) is 12.3 Å². The van der Waals surface area contributed by atoms with E-state index in [4.69, 9.17) is 0 Å². The molecule has 4 aromatic heterocycles. The number of anilines is 2. The van der Waals surface area contributed by atoms with Gasteiger partial charge in [0.2, 0.25) is 5.95 Å². The normalized spacial score (nSPS) is 18.2. The van der Waals surface area contributed by atoms with Gasteiger partial charge < -0.3 is 15.2 Å². The monoisotopic (exact) mass is 491 g/mol. The van der Waals surface area contributed by atoms with Crippen molar-refractivity contribution in [2.24, 2.45) is 0 Å². The molecule has 1 saturated heterocycles. The summed E-state index contributed by atoms with van der Waals surface area (Å²) in [6.45, 7) is 3.40. The number of likely N-dealkylation sites (N-methyl/N-ethyl adjacent to an activating group) is 1. The predicted octanol–water partition coefficient (Wildman–Crippen LogP) is 3.51. The number of nitrogens with zero attached hydrogens (tertiary/aromatic N) is 7. The first kappa shape index (κ1) is 23.3. The fraction of sp³-hybridized carbons (Fsp3) is 0.455. The number of alkyl halides is 4. The topological polar surface area (TPSA) is 88.2 Å². The lowest BCUT2D eigenvalue weighted by Gasteiger charge is -2.19. The Labute approximate surface area is 198 Å². The fourth-order valence-electron chi connectivity index (χ4n) is 4.50. The summed E-state index contributed by atoms with van der Waals surface area (Å²) in [5.74, 6) is -1.97. The standard InChI is InChI=1S/C22H25F4N9/c1-4-33-9-16(22(25,26)11-33)30-21-31-19(27-3)18-13(7-8-35(18)32-21)14-5-6-15-20(29-14)34(10-17(23)24)12(2)28-15/h5-8,16-17H,4,9-11H2,1-3H3,(H2,27,30,31,32)/t16-/m0/s1. The lowest BCUT2D eigenvalue weighted by molar-refractivity contribution is 0.00429. The number of likely N-dealkylation sites (tertiary alicyclic amines) is 1. The highest BCUT2D eigenvalue weighted by molar-refractivity contribution is 5.89. The van der Waals surface area contributed by atoms with E-state index >= 15 is 0 Å². The molecule has 4 aromatic rings. The Kier molecular flexibility index (Phi) is 5.74. The molecule has 1 fully saturated rings. The summed E-state index contributed by atoms with van der Waals surface area (Å²) >= 11 is 0. The van der Waals surface area contributed by atoms with Crippen LogP contribution < -0.4 is 10.6 Å². The third kappa shape index (κ3) is 4.13. The van der Waals surface area contributed by atoms with E-state index in [1.807, 2.05) is 6.92 Å². The van der Waals surface area contributed by atoms with Crippen molar-refractivity contribution in [1.82, 2.24) is 34.0 Å². The molecule has 0 saturated carbocycles. The van der Waals surface area contributed by atoms with Gasteiger partial charge in [-0.05, 0) is 31.7 Å². The van der Waals surface area contributed by atoms with Crippen LogP contribution in [-0.2, 0) is 6.54 Å². The number of rotatable bonds is 7. The van der Waals surface area contributed by atoms with Crippen molar-refractivity contribution in [3.8, 4) is 11.3 Å². The molecule has 0 unspecified atom stereocenters. The van der Waals surface area contributed by atoms with Crippen molar-refractivity contribution >= 4 is 28.4 Å². The molecule has 0 radical (unpaired) electrons. The molecule has 13 heteroatoms. The van der Waals surface area contributed by atoms with E-state index in [1.165, 1.54) is 9.08 Å². The van der Waals surface area contributed by atoms with Gasteiger partial charge in [-0.2, -0.15) is 4.98 Å². The molecule has 35 heavy (non-hydrogen) atoms. The van der Waals surface area contributed by atoms with Crippen LogP contribution >= 0.6 is 0 Å². The molecule has 1 atom stereocenters. The molecule has 5 heterocycles. The molecule has 1 aliphatic rings. The highest BCUT2D eigenvalue weighted by Crippen LogP contribution is 2.32. The highest BCUT2D eigenvalue weighted by Gasteiger charge is 2.48. The van der Waals surface area contributed by atoms with Crippen LogP contribution in [0, 0.1) is 6.92 Å². The second-order valence-electron chi connectivity index (χ2n) is 8.54. The van der Waals surface area contributed by atoms with Gasteiger partial charge >= 0.3 is 0 Å². The molecule has 5 rings (SSSR count). The summed E-state index contributed by atoms with van der Waals surface area (Å²) in [7, 11) is 1.67. The average Bonchev–Trinajstić information content (AvgIpc) is 3.46. The molecule has 0 aromatic carbocycles. The summed E-state index contributed by atoms with van der Waals surface area (Å²) in [5.41, 5.74) is 2.64. The third-order valence-electron chi connectivity index (χ3n) is 6.26. The maximum atomic E-state index is 14.5. The molecule has 9 nitrogen and oxygen atoms in total. The minimum Gasteiger partial charge on any atom is -0.371 e. The zero-order valence-electron chi connectivity index (χ0n) is 19.4. The van der Waals surface area contributed by atoms with Gasteiger partial charge in [0.15, 0.2) is 11.5 Å². The smallest absolute Gasteiger partial charge is 0.281 e. The Morgan fingerprint density at radius 1 is 1.17 bits per heavy atom. The zero-order valence-corrected chi connectivity index (χ0v) is 19.4. The van der Waals surface area contributed by atoms with Crippen LogP contribution in [0.2, 0.25) is 0 Å². The van der Waals surface area contributed by atoms with Crippen molar-refractivity contribution in [1.29, 1.82) is 0 Å². The molecule has 0 amide bonds. The van der Waals surface area contributed by atoms with Gasteiger partial charge in [0.05, 0.1) is 18.8 Å². The van der Waals surface area contributed by atoms with Crippen LogP contribution in [0.1, 0.15) is 12.7 Å². The van der Waals surface area contributed by atoms with E-state index in [-0.39, 0.29) is 19.0 Å². The van der Waals surface area contributed by atoms with Gasteiger partial charge in [-0.3, -0.25) is 4.90 Å². The maximum Gasteiger partial charge on any atom is 0.281 e. The van der Waals surface area contributed by atoms with Crippen molar-refractivity contribution in [2.45, 2.75) is 38.8 Å². The molecule has 186 valence electrons. The first-order chi connectivity index (χ1) is 16.7. The van der Waals surface area contributed by atoms with Crippen molar-refractivity contribution in [2.75, 3.05) is 37.3 Å². The van der Waals surface area contributed by atoms with Crippen LogP contribution in [0.3, 0.4) is 0 Å². The lowest BCUT2D eigenvalue weighted by Crippen LogP contribution is -2.38. The molecule has 0 aliphatic carbocycles. The third-order valence-corrected chi connectivity index (χ3v) is 6.26. The minimum atomic E-state index is -2.91. The van der Waals surface area contributed by atoms with E-state index in [9.17, 15) is 17.6 Å². The summed E-state index contributed by atoms with van der Waals surface area (Å²) < 4.78 is 58.0. The number of imidazole rings is 1. The van der Waals surface area contributed by atoms with Crippen molar-refractivity contribution in [3.63, 3.8) is 0 Å². The van der Waals surface area contributed by atoms with Crippen LogP contribution in [0.15, 0.2) is 24.4 Å². The number of nitrogens with one attached hydrogen (secondary N) is 2. The van der Waals surface area contributed by atoms with Gasteiger partial charge in [0.1, 0.15) is 22.9 Å². The van der Waals surface area contributed by atoms with Crippen LogP contribution in [0.4, 0.5) is 29.3 Å². The van der Waals surface area contributed by atoms with Crippen molar-refractivity contribution in [3.05, 3.63) is 30.2 Å². The summed E-state index contributed by atoms with van der Waals surface area (Å²) in [6, 6.07) is 4.14. The SMILES string of the molecule is CCN1C[C@H](Nc2nc(NC)c3c(-c4ccc5nc(C)n(CC(F)F)c5n4)ccn3n2)C(F)(F)C1. The van der Waals surface area contributed by atoms with E-state index < -0.39 is 24.9 Å². The van der Waals surface area contributed by atoms with Crippen LogP contribution in [-0.4, -0.2) is 79.1 Å². The summed E-state index contributed by atoms with van der Waals surface area (Å²) in [4.78, 5) is 15.0. The van der Waals surface area contributed by atoms with Crippen LogP contribution in [0.25, 0.3) is 27.9 Å². The van der Waals surface area contributed by atoms with Crippen LogP contribution in [0.5, 0.6) is 0 Å². The van der Waals surface area contributed by atoms with Gasteiger partial charge in [-0.15, -0.1) is 5.10 Å². The minimum absolute atomic E-state index is 0.0701. The number of pyridine rings is 1. The first-order valence-electron chi connectivity index (χ1n) is 11.3. The number of hydrogen-bond donors (Lipinski definition) is 2. The quantitative estimate of drug-likeness (QED) is 0.383. The maximum absolute atomic E-state index is 14.5. The lowest BCUT2D eigenvalue weighted by atomic mass is 10.2. The van der Waals surface area contributed by atoms with E-state index in [0.29, 0.717) is 46.1 Å². The van der Waals surface area contributed by atoms with E-state index in [2.05, 4.69) is 30.7 Å². The molecule has 2 N–H and O–H groups in total. The first-order valence-corrected chi connectivity index (χ1v) is 11.3. The summed E-state index contributed by atoms with van der Waals surface area (Å²) in [6.07, 6.45) is -0.865. The Balaban J connectivity index is 1.54. The van der Waals surface area contributed by atoms with E-state index in [1.54, 1.807) is 43.3 Å². The number of halogens is 4. The Bertz CT molecular complexity index is 1380. The van der Waals surface area contributed by atoms with Crippen molar-refractivity contribution < 1.29 is 17.6 Å². The van der Waals surface area contributed by atoms with Gasteiger partial charge in [-0.1, -0.05) is 6.92 Å². The van der Waals surface area contributed by atoms with Gasteiger partial charge in [-0.25, -0.2) is 32.0 Å². The fourth-order valence-corrected chi connectivity index (χ4v) is 4.50. The van der Waals surface area contributed by atoms with Gasteiger partial charge in [0, 0.05) is 25.4 Å². The highest BCUT2D eigenvalue weighted by atomic mass is 19.3. The second-order valence-corrected chi connectivity index (χ2v) is 8.54. The Morgan fingerprint density at radius 2 is 1.97 bits per heavy atom. The average molecular weight is 491 g/mol. The number of hydrogen-bond acceptors (Lipinski definition) is 7.